The van der Waals surface area contributed by atoms with Crippen LogP contribution in [0.2, 0.25) is 0 Å². The van der Waals surface area contributed by atoms with E-state index >= 15 is 0 Å². The lowest BCUT2D eigenvalue weighted by molar-refractivity contribution is -0.139. The summed E-state index contributed by atoms with van der Waals surface area (Å²) in [7, 11) is -3.52. The highest BCUT2D eigenvalue weighted by atomic mass is 32.2. The number of rotatable bonds is 5. The van der Waals surface area contributed by atoms with Gasteiger partial charge in [-0.1, -0.05) is 44.0 Å². The molecule has 1 aromatic rings. The van der Waals surface area contributed by atoms with Gasteiger partial charge in [0.2, 0.25) is 10.0 Å². The molecule has 0 aromatic heterocycles. The predicted molar refractivity (Wildman–Crippen MR) is 90.9 cm³/mol. The van der Waals surface area contributed by atoms with E-state index in [0.29, 0.717) is 29.9 Å². The molecule has 0 spiro atoms. The Hall–Kier alpha value is -1.66. The minimum Gasteiger partial charge on any atom is -0.463 e. The number of benzene rings is 1. The molecule has 130 valence electrons. The Bertz CT molecular complexity index is 784. The number of esters is 1. The minimum absolute atomic E-state index is 0.217. The van der Waals surface area contributed by atoms with Crippen molar-refractivity contribution in [1.29, 1.82) is 0 Å². The molecule has 2 heterocycles. The van der Waals surface area contributed by atoms with Crippen molar-refractivity contribution in [3.05, 3.63) is 41.5 Å². The summed E-state index contributed by atoms with van der Waals surface area (Å²) in [4.78, 5) is 12.6. The number of fused-ring (bicyclic) bond motifs is 3. The summed E-state index contributed by atoms with van der Waals surface area (Å²) < 4.78 is 32.7. The third-order valence-corrected chi connectivity index (χ3v) is 6.89. The quantitative estimate of drug-likeness (QED) is 0.767. The number of unbranched alkanes of at least 4 members (excludes halogenated alkanes) is 1. The van der Waals surface area contributed by atoms with Gasteiger partial charge in [-0.25, -0.2) is 13.2 Å². The van der Waals surface area contributed by atoms with Gasteiger partial charge in [0.05, 0.1) is 17.0 Å². The Kier molecular flexibility index (Phi) is 4.53. The lowest BCUT2D eigenvalue weighted by atomic mass is 9.78. The van der Waals surface area contributed by atoms with Crippen LogP contribution in [0.5, 0.6) is 0 Å². The van der Waals surface area contributed by atoms with Crippen LogP contribution < -0.4 is 0 Å². The van der Waals surface area contributed by atoms with Gasteiger partial charge in [0.15, 0.2) is 0 Å². The zero-order valence-corrected chi connectivity index (χ0v) is 14.9. The molecule has 0 saturated heterocycles. The molecular weight excluding hydrogens is 326 g/mol. The van der Waals surface area contributed by atoms with E-state index in [0.717, 1.165) is 18.4 Å². The second kappa shape index (κ2) is 6.33. The summed E-state index contributed by atoms with van der Waals surface area (Å²) in [6.45, 7) is 4.39. The van der Waals surface area contributed by atoms with Crippen LogP contribution in [0.15, 0.2) is 40.8 Å². The molecule has 0 N–H and O–H groups in total. The van der Waals surface area contributed by atoms with Crippen molar-refractivity contribution < 1.29 is 17.9 Å². The molecule has 0 aliphatic carbocycles. The van der Waals surface area contributed by atoms with Gasteiger partial charge in [0.1, 0.15) is 0 Å². The molecule has 0 fully saturated rings. The lowest BCUT2D eigenvalue weighted by Crippen LogP contribution is -2.47. The first kappa shape index (κ1) is 17.2. The van der Waals surface area contributed by atoms with Crippen LogP contribution in [0.4, 0.5) is 0 Å². The van der Waals surface area contributed by atoms with Crippen LogP contribution in [0.3, 0.4) is 0 Å². The van der Waals surface area contributed by atoms with Gasteiger partial charge >= 0.3 is 5.97 Å². The average Bonchev–Trinajstić information content (AvgIpc) is 2.78. The Morgan fingerprint density at radius 3 is 2.75 bits per heavy atom. The van der Waals surface area contributed by atoms with Crippen molar-refractivity contribution in [2.24, 2.45) is 0 Å². The third-order valence-electron chi connectivity index (χ3n) is 4.90. The molecular formula is C18H23NO4S. The highest BCUT2D eigenvalue weighted by Gasteiger charge is 2.55. The fraction of sp³-hybridized carbons (Fsp3) is 0.500. The number of carbonyl (C=O) groups excluding carboxylic acids is 1. The van der Waals surface area contributed by atoms with Crippen molar-refractivity contribution in [1.82, 2.24) is 4.31 Å². The van der Waals surface area contributed by atoms with Crippen LogP contribution in [0, 0.1) is 0 Å². The van der Waals surface area contributed by atoms with E-state index in [9.17, 15) is 13.2 Å². The van der Waals surface area contributed by atoms with Crippen molar-refractivity contribution in [2.75, 3.05) is 13.2 Å². The van der Waals surface area contributed by atoms with E-state index in [1.807, 2.05) is 12.1 Å². The highest BCUT2D eigenvalue weighted by molar-refractivity contribution is 7.89. The van der Waals surface area contributed by atoms with Gasteiger partial charge in [-0.3, -0.25) is 0 Å². The normalized spacial score (nSPS) is 24.8. The predicted octanol–water partition coefficient (Wildman–Crippen LogP) is 2.97. The number of carbonyl (C=O) groups is 1. The lowest BCUT2D eigenvalue weighted by Gasteiger charge is -2.40. The van der Waals surface area contributed by atoms with Gasteiger partial charge in [-0.05, 0) is 25.0 Å². The molecule has 0 radical (unpaired) electrons. The summed E-state index contributed by atoms with van der Waals surface area (Å²) in [5.74, 6) is -0.338. The Morgan fingerprint density at radius 2 is 2.04 bits per heavy atom. The summed E-state index contributed by atoms with van der Waals surface area (Å²) in [5.41, 5.74) is 0.729. The topological polar surface area (TPSA) is 63.7 Å². The van der Waals surface area contributed by atoms with Gasteiger partial charge in [-0.15, -0.1) is 0 Å². The maximum atomic E-state index is 13.0. The maximum Gasteiger partial charge on any atom is 0.333 e. The number of nitrogens with zero attached hydrogens (tertiary/aromatic N) is 1. The molecule has 1 unspecified atom stereocenters. The van der Waals surface area contributed by atoms with Crippen molar-refractivity contribution >= 4 is 16.0 Å². The molecule has 0 bridgehead atoms. The van der Waals surface area contributed by atoms with Crippen LogP contribution in [0.1, 0.15) is 45.1 Å². The second-order valence-corrected chi connectivity index (χ2v) is 8.12. The second-order valence-electron chi connectivity index (χ2n) is 6.29. The average molecular weight is 349 g/mol. The van der Waals surface area contributed by atoms with Gasteiger partial charge in [-0.2, -0.15) is 4.31 Å². The van der Waals surface area contributed by atoms with E-state index in [1.54, 1.807) is 29.4 Å². The monoisotopic (exact) mass is 349 g/mol. The van der Waals surface area contributed by atoms with E-state index < -0.39 is 15.6 Å². The Balaban J connectivity index is 2.11. The van der Waals surface area contributed by atoms with Crippen LogP contribution in [-0.4, -0.2) is 31.8 Å². The molecule has 5 nitrogen and oxygen atoms in total. The molecule has 1 atom stereocenters. The first-order valence-corrected chi connectivity index (χ1v) is 9.90. The molecule has 24 heavy (non-hydrogen) atoms. The molecule has 0 amide bonds. The van der Waals surface area contributed by atoms with Crippen molar-refractivity contribution in [3.8, 4) is 0 Å². The number of sulfonamides is 1. The van der Waals surface area contributed by atoms with E-state index in [2.05, 4.69) is 6.92 Å². The summed E-state index contributed by atoms with van der Waals surface area (Å²) in [5, 5.41) is 0. The SMILES string of the molecule is CCCCC12CC(C(=O)OCC)=CCN1S(=O)(=O)c1ccccc12. The molecule has 2 aliphatic heterocycles. The summed E-state index contributed by atoms with van der Waals surface area (Å²) in [6.07, 6.45) is 4.65. The molecule has 0 saturated carbocycles. The summed E-state index contributed by atoms with van der Waals surface area (Å²) >= 11 is 0. The smallest absolute Gasteiger partial charge is 0.333 e. The van der Waals surface area contributed by atoms with Crippen LogP contribution >= 0.6 is 0 Å². The highest BCUT2D eigenvalue weighted by Crippen LogP contribution is 2.52. The molecule has 6 heteroatoms. The third kappa shape index (κ3) is 2.48. The Labute approximate surface area is 143 Å². The van der Waals surface area contributed by atoms with Gasteiger partial charge < -0.3 is 4.74 Å². The Morgan fingerprint density at radius 1 is 1.29 bits per heavy atom. The van der Waals surface area contributed by atoms with Crippen LogP contribution in [-0.2, 0) is 25.1 Å². The molecule has 2 aliphatic rings. The maximum absolute atomic E-state index is 13.0. The van der Waals surface area contributed by atoms with E-state index in [1.165, 1.54) is 0 Å². The summed E-state index contributed by atoms with van der Waals surface area (Å²) in [6, 6.07) is 7.17. The molecule has 1 aromatic carbocycles. The number of ether oxygens (including phenoxy) is 1. The zero-order chi connectivity index (χ0) is 17.4. The van der Waals surface area contributed by atoms with Crippen LogP contribution in [0.25, 0.3) is 0 Å². The zero-order valence-electron chi connectivity index (χ0n) is 14.1. The minimum atomic E-state index is -3.52. The fourth-order valence-electron chi connectivity index (χ4n) is 3.79. The first-order chi connectivity index (χ1) is 11.5. The van der Waals surface area contributed by atoms with Gasteiger partial charge in [0, 0.05) is 18.5 Å². The van der Waals surface area contributed by atoms with E-state index in [-0.39, 0.29) is 12.5 Å². The van der Waals surface area contributed by atoms with E-state index in [4.69, 9.17) is 4.74 Å². The van der Waals surface area contributed by atoms with Crippen molar-refractivity contribution in [3.63, 3.8) is 0 Å². The van der Waals surface area contributed by atoms with Crippen molar-refractivity contribution in [2.45, 2.75) is 50.0 Å². The largest absolute Gasteiger partial charge is 0.463 e. The van der Waals surface area contributed by atoms with Gasteiger partial charge in [0.25, 0.3) is 0 Å². The molecule has 3 rings (SSSR count). The first-order valence-electron chi connectivity index (χ1n) is 8.46. The fourth-order valence-corrected chi connectivity index (χ4v) is 5.80. The number of hydrogen-bond acceptors (Lipinski definition) is 4. The standard InChI is InChI=1S/C18H23NO4S/c1-3-5-11-18-13-14(17(20)23-4-2)10-12-19(18)24(21,22)16-9-7-6-8-15(16)18/h6-10H,3-5,11-13H2,1-2H3. The number of hydrogen-bond donors (Lipinski definition) is 0.